The molecule has 0 radical (unpaired) electrons. The van der Waals surface area contributed by atoms with Crippen LogP contribution in [0.4, 0.5) is 10.1 Å². The van der Waals surface area contributed by atoms with Gasteiger partial charge in [0.15, 0.2) is 0 Å². The highest BCUT2D eigenvalue weighted by Gasteiger charge is 2.27. The van der Waals surface area contributed by atoms with Crippen LogP contribution in [0.25, 0.3) is 5.69 Å². The Balaban J connectivity index is 1.53. The first-order valence-electron chi connectivity index (χ1n) is 11.6. The van der Waals surface area contributed by atoms with Crippen molar-refractivity contribution < 1.29 is 17.6 Å². The summed E-state index contributed by atoms with van der Waals surface area (Å²) < 4.78 is 43.1. The summed E-state index contributed by atoms with van der Waals surface area (Å²) in [5, 5.41) is 4.06. The number of hydrazone groups is 1. The fraction of sp³-hybridized carbons (Fsp3) is 0.143. The summed E-state index contributed by atoms with van der Waals surface area (Å²) in [6.45, 7) is 5.26. The predicted molar refractivity (Wildman–Crippen MR) is 143 cm³/mol. The molecule has 0 aliphatic heterocycles. The van der Waals surface area contributed by atoms with Crippen LogP contribution in [-0.4, -0.2) is 31.7 Å². The van der Waals surface area contributed by atoms with Crippen LogP contribution in [0.5, 0.6) is 0 Å². The van der Waals surface area contributed by atoms with E-state index >= 15 is 0 Å². The number of nitrogens with zero attached hydrogens (tertiary/aromatic N) is 3. The smallest absolute Gasteiger partial charge is 0.264 e. The largest absolute Gasteiger partial charge is 0.318 e. The summed E-state index contributed by atoms with van der Waals surface area (Å²) in [6.07, 6.45) is 1.50. The summed E-state index contributed by atoms with van der Waals surface area (Å²) in [5.74, 6) is -0.909. The van der Waals surface area contributed by atoms with Gasteiger partial charge in [-0.1, -0.05) is 35.9 Å². The molecule has 1 N–H and O–H groups in total. The predicted octanol–water partition coefficient (Wildman–Crippen LogP) is 4.89. The molecule has 0 aliphatic rings. The van der Waals surface area contributed by atoms with Gasteiger partial charge in [0.25, 0.3) is 15.9 Å². The van der Waals surface area contributed by atoms with E-state index in [1.807, 2.05) is 31.4 Å². The van der Waals surface area contributed by atoms with E-state index in [0.29, 0.717) is 5.69 Å². The van der Waals surface area contributed by atoms with Crippen molar-refractivity contribution in [3.63, 3.8) is 0 Å². The van der Waals surface area contributed by atoms with E-state index in [2.05, 4.69) is 10.5 Å². The zero-order chi connectivity index (χ0) is 26.6. The second-order valence-electron chi connectivity index (χ2n) is 8.59. The summed E-state index contributed by atoms with van der Waals surface area (Å²) in [6, 6.07) is 22.9. The average Bonchev–Trinajstić information content (AvgIpc) is 3.17. The van der Waals surface area contributed by atoms with Crippen LogP contribution < -0.4 is 9.73 Å². The molecule has 0 atom stereocenters. The number of halogens is 1. The van der Waals surface area contributed by atoms with Crippen LogP contribution in [0.3, 0.4) is 0 Å². The number of aryl methyl sites for hydroxylation is 2. The average molecular weight is 519 g/mol. The highest BCUT2D eigenvalue weighted by molar-refractivity contribution is 7.92. The van der Waals surface area contributed by atoms with Crippen LogP contribution in [0.2, 0.25) is 0 Å². The van der Waals surface area contributed by atoms with Crippen molar-refractivity contribution in [3.05, 3.63) is 113 Å². The van der Waals surface area contributed by atoms with Gasteiger partial charge < -0.3 is 4.57 Å². The zero-order valence-electron chi connectivity index (χ0n) is 20.7. The van der Waals surface area contributed by atoms with Gasteiger partial charge in [-0.3, -0.25) is 9.10 Å². The normalized spacial score (nSPS) is 11.6. The second-order valence-corrected chi connectivity index (χ2v) is 10.5. The minimum atomic E-state index is -3.99. The molecule has 0 saturated carbocycles. The zero-order valence-corrected chi connectivity index (χ0v) is 21.5. The molecule has 190 valence electrons. The Morgan fingerprint density at radius 2 is 1.62 bits per heavy atom. The lowest BCUT2D eigenvalue weighted by Crippen LogP contribution is -2.39. The highest BCUT2D eigenvalue weighted by Crippen LogP contribution is 2.24. The van der Waals surface area contributed by atoms with Crippen LogP contribution >= 0.6 is 0 Å². The van der Waals surface area contributed by atoms with Gasteiger partial charge in [0.2, 0.25) is 0 Å². The third-order valence-electron chi connectivity index (χ3n) is 5.89. The van der Waals surface area contributed by atoms with E-state index in [9.17, 15) is 17.6 Å². The fourth-order valence-electron chi connectivity index (χ4n) is 3.99. The number of amides is 1. The first kappa shape index (κ1) is 25.8. The van der Waals surface area contributed by atoms with Gasteiger partial charge in [-0.05, 0) is 75.4 Å². The van der Waals surface area contributed by atoms with Gasteiger partial charge in [-0.2, -0.15) is 5.10 Å². The number of rotatable bonds is 8. The van der Waals surface area contributed by atoms with E-state index in [0.717, 1.165) is 32.5 Å². The third kappa shape index (κ3) is 5.78. The first-order valence-corrected chi connectivity index (χ1v) is 13.0. The standard InChI is InChI=1S/C28H27FN4O3S/c1-20-9-13-25(14-10-20)32(37(35,36)27-7-5-4-6-8-27)19-28(34)31-30-18-23-17-21(2)33(22(23)3)26-15-11-24(29)12-16-26/h4-18H,19H2,1-3H3,(H,31,34)/b30-18-. The SMILES string of the molecule is Cc1ccc(N(CC(=O)N/N=C\c2cc(C)n(-c3ccc(F)cc3)c2C)S(=O)(=O)c2ccccc2)cc1. The maximum absolute atomic E-state index is 13.4. The van der Waals surface area contributed by atoms with E-state index in [1.54, 1.807) is 54.6 Å². The molecule has 0 spiro atoms. The Kier molecular flexibility index (Phi) is 7.54. The minimum absolute atomic E-state index is 0.0834. The Morgan fingerprint density at radius 3 is 2.27 bits per heavy atom. The van der Waals surface area contributed by atoms with E-state index < -0.39 is 22.5 Å². The summed E-state index contributed by atoms with van der Waals surface area (Å²) in [7, 11) is -3.99. The quantitative estimate of drug-likeness (QED) is 0.266. The van der Waals surface area contributed by atoms with Gasteiger partial charge in [0.1, 0.15) is 12.4 Å². The lowest BCUT2D eigenvalue weighted by Gasteiger charge is -2.23. The van der Waals surface area contributed by atoms with E-state index in [-0.39, 0.29) is 10.7 Å². The number of aromatic nitrogens is 1. The topological polar surface area (TPSA) is 83.8 Å². The molecule has 4 rings (SSSR count). The number of sulfonamides is 1. The van der Waals surface area contributed by atoms with Crippen LogP contribution in [0.1, 0.15) is 22.5 Å². The monoisotopic (exact) mass is 518 g/mol. The highest BCUT2D eigenvalue weighted by atomic mass is 32.2. The summed E-state index contributed by atoms with van der Waals surface area (Å²) in [5.41, 5.74) is 7.11. The molecule has 0 bridgehead atoms. The van der Waals surface area contributed by atoms with Crippen LogP contribution in [0.15, 0.2) is 94.9 Å². The Labute approximate surface area is 215 Å². The molecule has 1 amide bonds. The van der Waals surface area contributed by atoms with Crippen molar-refractivity contribution in [2.24, 2.45) is 5.10 Å². The maximum atomic E-state index is 13.4. The van der Waals surface area contributed by atoms with Crippen molar-refractivity contribution in [2.45, 2.75) is 25.7 Å². The van der Waals surface area contributed by atoms with Crippen LogP contribution in [-0.2, 0) is 14.8 Å². The van der Waals surface area contributed by atoms with Crippen molar-refractivity contribution >= 4 is 27.8 Å². The molecule has 1 aromatic heterocycles. The number of nitrogens with one attached hydrogen (secondary N) is 1. The molecule has 0 saturated heterocycles. The maximum Gasteiger partial charge on any atom is 0.264 e. The molecule has 0 aliphatic carbocycles. The second kappa shape index (κ2) is 10.8. The van der Waals surface area contributed by atoms with Gasteiger partial charge in [0, 0.05) is 22.6 Å². The summed E-state index contributed by atoms with van der Waals surface area (Å²) >= 11 is 0. The van der Waals surface area contributed by atoms with Crippen molar-refractivity contribution in [3.8, 4) is 5.69 Å². The van der Waals surface area contributed by atoms with Gasteiger partial charge in [0.05, 0.1) is 16.8 Å². The molecule has 7 nitrogen and oxygen atoms in total. The van der Waals surface area contributed by atoms with Crippen molar-refractivity contribution in [1.29, 1.82) is 0 Å². The number of hydrogen-bond acceptors (Lipinski definition) is 4. The third-order valence-corrected chi connectivity index (χ3v) is 7.68. The van der Waals surface area contributed by atoms with Gasteiger partial charge in [-0.15, -0.1) is 0 Å². The lowest BCUT2D eigenvalue weighted by atomic mass is 10.2. The van der Waals surface area contributed by atoms with Gasteiger partial charge >= 0.3 is 0 Å². The molecule has 37 heavy (non-hydrogen) atoms. The van der Waals surface area contributed by atoms with Gasteiger partial charge in [-0.25, -0.2) is 18.2 Å². The lowest BCUT2D eigenvalue weighted by molar-refractivity contribution is -0.119. The number of carbonyl (C=O) groups is 1. The van der Waals surface area contributed by atoms with E-state index in [1.165, 1.54) is 30.5 Å². The van der Waals surface area contributed by atoms with Crippen molar-refractivity contribution in [2.75, 3.05) is 10.8 Å². The fourth-order valence-corrected chi connectivity index (χ4v) is 5.43. The van der Waals surface area contributed by atoms with Crippen molar-refractivity contribution in [1.82, 2.24) is 9.99 Å². The summed E-state index contributed by atoms with van der Waals surface area (Å²) in [4.78, 5) is 12.9. The Hall–Kier alpha value is -4.24. The number of carbonyl (C=O) groups excluding carboxylic acids is 1. The van der Waals surface area contributed by atoms with E-state index in [4.69, 9.17) is 0 Å². The first-order chi connectivity index (χ1) is 17.7. The molecule has 4 aromatic rings. The molecular formula is C28H27FN4O3S. The number of anilines is 1. The number of hydrogen-bond donors (Lipinski definition) is 1. The Bertz CT molecular complexity index is 1530. The minimum Gasteiger partial charge on any atom is -0.318 e. The molecule has 9 heteroatoms. The Morgan fingerprint density at radius 1 is 0.973 bits per heavy atom. The molecule has 0 fully saturated rings. The molecule has 3 aromatic carbocycles. The molecular weight excluding hydrogens is 491 g/mol. The molecule has 0 unspecified atom stereocenters. The number of benzene rings is 3. The van der Waals surface area contributed by atoms with Crippen LogP contribution in [0, 0.1) is 26.6 Å². The molecule has 1 heterocycles.